The Morgan fingerprint density at radius 3 is 3.26 bits per heavy atom. The number of likely N-dealkylation sites (tertiary alicyclic amines) is 1. The van der Waals surface area contributed by atoms with Crippen molar-refractivity contribution in [1.29, 1.82) is 0 Å². The van der Waals surface area contributed by atoms with Crippen LogP contribution in [0.5, 0.6) is 0 Å². The van der Waals surface area contributed by atoms with Crippen molar-refractivity contribution in [3.05, 3.63) is 30.4 Å². The van der Waals surface area contributed by atoms with Gasteiger partial charge in [0.15, 0.2) is 0 Å². The van der Waals surface area contributed by atoms with Crippen molar-refractivity contribution in [2.75, 3.05) is 13.7 Å². The third-order valence-electron chi connectivity index (χ3n) is 3.49. The molecule has 0 N–H and O–H groups in total. The van der Waals surface area contributed by atoms with Crippen molar-refractivity contribution < 1.29 is 9.53 Å². The van der Waals surface area contributed by atoms with Crippen molar-refractivity contribution in [1.82, 2.24) is 19.3 Å². The molecule has 100 valence electrons. The molecule has 1 saturated heterocycles. The zero-order valence-corrected chi connectivity index (χ0v) is 10.8. The smallest absolute Gasteiger partial charge is 0.323 e. The molecule has 2 aromatic heterocycles. The van der Waals surface area contributed by atoms with E-state index in [0.29, 0.717) is 12.3 Å². The Kier molecular flexibility index (Phi) is 3.16. The second kappa shape index (κ2) is 4.97. The molecule has 1 atom stereocenters. The van der Waals surface area contributed by atoms with Crippen LogP contribution in [0.1, 0.15) is 18.5 Å². The van der Waals surface area contributed by atoms with Gasteiger partial charge in [0, 0.05) is 25.1 Å². The van der Waals surface area contributed by atoms with Gasteiger partial charge >= 0.3 is 5.97 Å². The van der Waals surface area contributed by atoms with E-state index in [0.717, 1.165) is 25.1 Å². The van der Waals surface area contributed by atoms with Crippen molar-refractivity contribution in [2.24, 2.45) is 0 Å². The van der Waals surface area contributed by atoms with Crippen molar-refractivity contribution in [3.63, 3.8) is 0 Å². The Balaban J connectivity index is 1.78. The summed E-state index contributed by atoms with van der Waals surface area (Å²) in [6, 6.07) is 1.73. The Hall–Kier alpha value is -1.95. The molecule has 6 nitrogen and oxygen atoms in total. The zero-order valence-electron chi connectivity index (χ0n) is 10.8. The highest BCUT2D eigenvalue weighted by molar-refractivity contribution is 5.75. The van der Waals surface area contributed by atoms with Crippen LogP contribution in [-0.2, 0) is 16.1 Å². The fourth-order valence-corrected chi connectivity index (χ4v) is 2.58. The number of imidazole rings is 1. The number of fused-ring (bicyclic) bond motifs is 1. The van der Waals surface area contributed by atoms with Gasteiger partial charge in [0.2, 0.25) is 5.78 Å². The van der Waals surface area contributed by atoms with Crippen molar-refractivity contribution >= 4 is 11.7 Å². The number of hydrogen-bond acceptors (Lipinski definition) is 5. The van der Waals surface area contributed by atoms with Crippen LogP contribution < -0.4 is 0 Å². The molecule has 0 spiro atoms. The number of aromatic nitrogens is 3. The first-order chi connectivity index (χ1) is 9.28. The van der Waals surface area contributed by atoms with Gasteiger partial charge in [-0.15, -0.1) is 0 Å². The van der Waals surface area contributed by atoms with Gasteiger partial charge in [-0.05, 0) is 25.5 Å². The molecular formula is C13H16N4O2. The summed E-state index contributed by atoms with van der Waals surface area (Å²) in [5.74, 6) is 0.533. The maximum absolute atomic E-state index is 11.7. The molecule has 0 saturated carbocycles. The minimum atomic E-state index is -0.153. The number of ether oxygens (including phenoxy) is 1. The number of rotatable bonds is 3. The molecule has 6 heteroatoms. The average Bonchev–Trinajstić information content (AvgIpc) is 3.04. The molecule has 1 unspecified atom stereocenters. The predicted molar refractivity (Wildman–Crippen MR) is 68.4 cm³/mol. The molecule has 1 aliphatic rings. The summed E-state index contributed by atoms with van der Waals surface area (Å²) in [5.41, 5.74) is 0.925. The summed E-state index contributed by atoms with van der Waals surface area (Å²) in [4.78, 5) is 22.4. The van der Waals surface area contributed by atoms with Gasteiger partial charge in [-0.2, -0.15) is 0 Å². The van der Waals surface area contributed by atoms with E-state index in [9.17, 15) is 4.79 Å². The van der Waals surface area contributed by atoms with Gasteiger partial charge in [-0.1, -0.05) is 0 Å². The molecule has 0 radical (unpaired) electrons. The molecule has 1 aliphatic heterocycles. The van der Waals surface area contributed by atoms with Gasteiger partial charge in [0.25, 0.3) is 0 Å². The zero-order chi connectivity index (χ0) is 13.2. The molecular weight excluding hydrogens is 244 g/mol. The molecule has 3 rings (SSSR count). The molecule has 0 aliphatic carbocycles. The third kappa shape index (κ3) is 2.31. The molecule has 2 aromatic rings. The van der Waals surface area contributed by atoms with E-state index in [-0.39, 0.29) is 12.0 Å². The normalized spacial score (nSPS) is 19.9. The van der Waals surface area contributed by atoms with Gasteiger partial charge in [0.05, 0.1) is 12.8 Å². The third-order valence-corrected chi connectivity index (χ3v) is 3.49. The Labute approximate surface area is 111 Å². The van der Waals surface area contributed by atoms with E-state index in [1.807, 2.05) is 22.9 Å². The van der Waals surface area contributed by atoms with Crippen LogP contribution in [0.2, 0.25) is 0 Å². The Morgan fingerprint density at radius 2 is 2.47 bits per heavy atom. The van der Waals surface area contributed by atoms with E-state index in [1.54, 1.807) is 6.20 Å². The Bertz CT molecular complexity index is 562. The lowest BCUT2D eigenvalue weighted by molar-refractivity contribution is -0.146. The number of carbonyl (C=O) groups excluding carboxylic acids is 1. The lowest BCUT2D eigenvalue weighted by atomic mass is 10.2. The second-order valence-corrected chi connectivity index (χ2v) is 4.71. The van der Waals surface area contributed by atoms with Crippen LogP contribution in [-0.4, -0.2) is 44.9 Å². The fraction of sp³-hybridized carbons (Fsp3) is 0.462. The largest absolute Gasteiger partial charge is 0.468 e. The predicted octanol–water partition coefficient (Wildman–Crippen LogP) is 0.867. The highest BCUT2D eigenvalue weighted by atomic mass is 16.5. The lowest BCUT2D eigenvalue weighted by Gasteiger charge is -2.20. The molecule has 0 bridgehead atoms. The monoisotopic (exact) mass is 260 g/mol. The topological polar surface area (TPSA) is 59.7 Å². The van der Waals surface area contributed by atoms with Gasteiger partial charge in [-0.3, -0.25) is 14.1 Å². The molecule has 0 amide bonds. The van der Waals surface area contributed by atoms with Gasteiger partial charge in [-0.25, -0.2) is 9.97 Å². The minimum absolute atomic E-state index is 0.136. The number of nitrogens with zero attached hydrogens (tertiary/aromatic N) is 4. The van der Waals surface area contributed by atoms with E-state index in [1.165, 1.54) is 7.11 Å². The summed E-state index contributed by atoms with van der Waals surface area (Å²) >= 11 is 0. The first-order valence-corrected chi connectivity index (χ1v) is 6.38. The van der Waals surface area contributed by atoms with Crippen LogP contribution in [0.3, 0.4) is 0 Å². The van der Waals surface area contributed by atoms with Crippen molar-refractivity contribution in [3.8, 4) is 0 Å². The first-order valence-electron chi connectivity index (χ1n) is 6.38. The lowest BCUT2D eigenvalue weighted by Crippen LogP contribution is -2.36. The summed E-state index contributed by atoms with van der Waals surface area (Å²) in [6.07, 6.45) is 7.47. The van der Waals surface area contributed by atoms with Crippen molar-refractivity contribution in [2.45, 2.75) is 25.4 Å². The van der Waals surface area contributed by atoms with E-state index >= 15 is 0 Å². The fourth-order valence-electron chi connectivity index (χ4n) is 2.58. The first kappa shape index (κ1) is 12.1. The SMILES string of the molecule is COC(=O)C1CCCN1Cc1cn2cccnc2n1. The van der Waals surface area contributed by atoms with Crippen LogP contribution in [0, 0.1) is 0 Å². The quantitative estimate of drug-likeness (QED) is 0.766. The summed E-state index contributed by atoms with van der Waals surface area (Å²) in [5, 5.41) is 0. The van der Waals surface area contributed by atoms with Crippen LogP contribution >= 0.6 is 0 Å². The maximum atomic E-state index is 11.7. The average molecular weight is 260 g/mol. The molecule has 1 fully saturated rings. The van der Waals surface area contributed by atoms with Gasteiger partial charge in [0.1, 0.15) is 6.04 Å². The number of methoxy groups -OCH3 is 1. The second-order valence-electron chi connectivity index (χ2n) is 4.71. The summed E-state index contributed by atoms with van der Waals surface area (Å²) < 4.78 is 6.73. The van der Waals surface area contributed by atoms with Crippen LogP contribution in [0.15, 0.2) is 24.7 Å². The number of esters is 1. The number of carbonyl (C=O) groups is 1. The maximum Gasteiger partial charge on any atom is 0.323 e. The summed E-state index contributed by atoms with van der Waals surface area (Å²) in [7, 11) is 1.44. The summed E-state index contributed by atoms with van der Waals surface area (Å²) in [6.45, 7) is 1.56. The van der Waals surface area contributed by atoms with Crippen LogP contribution in [0.4, 0.5) is 0 Å². The van der Waals surface area contributed by atoms with E-state index < -0.39 is 0 Å². The minimum Gasteiger partial charge on any atom is -0.468 e. The standard InChI is InChI=1S/C13H16N4O2/c1-19-12(18)11-4-2-6-16(11)8-10-9-17-7-3-5-14-13(17)15-10/h3,5,7,9,11H,2,4,6,8H2,1H3. The van der Waals surface area contributed by atoms with E-state index in [2.05, 4.69) is 14.9 Å². The van der Waals surface area contributed by atoms with Gasteiger partial charge < -0.3 is 4.74 Å². The molecule has 3 heterocycles. The highest BCUT2D eigenvalue weighted by Gasteiger charge is 2.31. The highest BCUT2D eigenvalue weighted by Crippen LogP contribution is 2.20. The van der Waals surface area contributed by atoms with Crippen LogP contribution in [0.25, 0.3) is 5.78 Å². The molecule has 0 aromatic carbocycles. The Morgan fingerprint density at radius 1 is 1.58 bits per heavy atom. The van der Waals surface area contributed by atoms with E-state index in [4.69, 9.17) is 4.74 Å². The molecule has 19 heavy (non-hydrogen) atoms. The number of hydrogen-bond donors (Lipinski definition) is 0.